The van der Waals surface area contributed by atoms with Crippen LogP contribution in [0.25, 0.3) is 10.1 Å². The molecule has 0 spiro atoms. The molecule has 0 bridgehead atoms. The molecule has 3 nitrogen and oxygen atoms in total. The molecular weight excluding hydrogens is 378 g/mol. The second kappa shape index (κ2) is 8.02. The van der Waals surface area contributed by atoms with E-state index in [9.17, 15) is 4.79 Å². The van der Waals surface area contributed by atoms with Crippen molar-refractivity contribution in [1.82, 2.24) is 0 Å². The molecule has 0 aliphatic carbocycles. The number of ketones is 1. The van der Waals surface area contributed by atoms with Gasteiger partial charge in [0.05, 0.1) is 11.6 Å². The maximum Gasteiger partial charge on any atom is 0.206 e. The fourth-order valence-electron chi connectivity index (χ4n) is 3.05. The van der Waals surface area contributed by atoms with E-state index in [0.717, 1.165) is 21.2 Å². The monoisotopic (exact) mass is 393 g/mol. The molecule has 4 heteroatoms. The van der Waals surface area contributed by atoms with E-state index in [4.69, 9.17) is 16.4 Å². The Kier molecular flexibility index (Phi) is 5.12. The van der Waals surface area contributed by atoms with Gasteiger partial charge in [-0.1, -0.05) is 30.2 Å². The molecule has 0 unspecified atom stereocenters. The molecule has 29 heavy (non-hydrogen) atoms. The van der Waals surface area contributed by atoms with Gasteiger partial charge in [-0.15, -0.1) is 17.8 Å². The van der Waals surface area contributed by atoms with Crippen molar-refractivity contribution in [2.75, 3.05) is 0 Å². The van der Waals surface area contributed by atoms with Crippen LogP contribution < -0.4 is 4.74 Å². The molecule has 0 atom stereocenters. The number of hydrogen-bond acceptors (Lipinski definition) is 4. The largest absolute Gasteiger partial charge is 0.487 e. The van der Waals surface area contributed by atoms with Crippen molar-refractivity contribution in [2.24, 2.45) is 0 Å². The van der Waals surface area contributed by atoms with Crippen molar-refractivity contribution in [3.05, 3.63) is 99.9 Å². The van der Waals surface area contributed by atoms with Crippen molar-refractivity contribution in [3.8, 4) is 24.2 Å². The normalized spacial score (nSPS) is 10.3. The summed E-state index contributed by atoms with van der Waals surface area (Å²) in [4.78, 5) is 13.7. The van der Waals surface area contributed by atoms with Gasteiger partial charge in [0.2, 0.25) is 5.78 Å². The maximum absolute atomic E-state index is 13.2. The second-order valence-electron chi connectivity index (χ2n) is 6.41. The summed E-state index contributed by atoms with van der Waals surface area (Å²) in [7, 11) is 0. The number of ether oxygens (including phenoxy) is 1. The second-order valence-corrected chi connectivity index (χ2v) is 7.46. The standard InChI is InChI=1S/C25H15NO2S/c1-2-17-6-5-7-19(14-17)16-28-24-21-8-3-4-9-22(21)29-25(24)23(27)20-12-10-18(15-26)11-13-20/h1,3-14H,16H2. The quantitative estimate of drug-likeness (QED) is 0.329. The fraction of sp³-hybridized carbons (Fsp3) is 0.0400. The minimum atomic E-state index is -0.122. The van der Waals surface area contributed by atoms with Gasteiger partial charge in [0.15, 0.2) is 0 Å². The van der Waals surface area contributed by atoms with Crippen LogP contribution in [-0.2, 0) is 6.61 Å². The Bertz CT molecular complexity index is 1290. The Morgan fingerprint density at radius 3 is 2.55 bits per heavy atom. The molecule has 3 aromatic carbocycles. The zero-order valence-electron chi connectivity index (χ0n) is 15.4. The first kappa shape index (κ1) is 18.5. The molecule has 0 aliphatic rings. The van der Waals surface area contributed by atoms with Gasteiger partial charge in [0, 0.05) is 21.2 Å². The van der Waals surface area contributed by atoms with Crippen molar-refractivity contribution in [1.29, 1.82) is 5.26 Å². The topological polar surface area (TPSA) is 50.1 Å². The van der Waals surface area contributed by atoms with Crippen LogP contribution in [0.2, 0.25) is 0 Å². The fourth-order valence-corrected chi connectivity index (χ4v) is 4.16. The number of terminal acetylenes is 1. The zero-order chi connectivity index (χ0) is 20.2. The van der Waals surface area contributed by atoms with Crippen molar-refractivity contribution in [3.63, 3.8) is 0 Å². The van der Waals surface area contributed by atoms with Crippen LogP contribution in [0.5, 0.6) is 5.75 Å². The predicted octanol–water partition coefficient (Wildman–Crippen LogP) is 5.56. The first-order valence-corrected chi connectivity index (χ1v) is 9.76. The smallest absolute Gasteiger partial charge is 0.206 e. The van der Waals surface area contributed by atoms with Crippen LogP contribution in [0, 0.1) is 23.7 Å². The van der Waals surface area contributed by atoms with Gasteiger partial charge in [0.1, 0.15) is 17.2 Å². The van der Waals surface area contributed by atoms with Gasteiger partial charge in [-0.3, -0.25) is 4.79 Å². The molecule has 0 saturated heterocycles. The molecule has 4 rings (SSSR count). The summed E-state index contributed by atoms with van der Waals surface area (Å²) in [5.41, 5.74) is 2.76. The lowest BCUT2D eigenvalue weighted by molar-refractivity contribution is 0.103. The molecule has 1 aromatic heterocycles. The van der Waals surface area contributed by atoms with Crippen LogP contribution >= 0.6 is 11.3 Å². The van der Waals surface area contributed by atoms with E-state index in [0.29, 0.717) is 28.4 Å². The molecule has 0 saturated carbocycles. The zero-order valence-corrected chi connectivity index (χ0v) is 16.2. The van der Waals surface area contributed by atoms with Gasteiger partial charge >= 0.3 is 0 Å². The number of benzene rings is 3. The molecule has 4 aromatic rings. The van der Waals surface area contributed by atoms with Crippen molar-refractivity contribution >= 4 is 27.2 Å². The first-order valence-electron chi connectivity index (χ1n) is 8.94. The average molecular weight is 393 g/mol. The first-order chi connectivity index (χ1) is 14.2. The van der Waals surface area contributed by atoms with E-state index < -0.39 is 0 Å². The van der Waals surface area contributed by atoms with Crippen molar-refractivity contribution in [2.45, 2.75) is 6.61 Å². The highest BCUT2D eigenvalue weighted by Gasteiger charge is 2.21. The maximum atomic E-state index is 13.2. The molecule has 0 radical (unpaired) electrons. The Morgan fingerprint density at radius 2 is 1.79 bits per heavy atom. The van der Waals surface area contributed by atoms with Crippen LogP contribution in [0.3, 0.4) is 0 Å². The summed E-state index contributed by atoms with van der Waals surface area (Å²) >= 11 is 1.41. The Hall–Kier alpha value is -3.86. The molecule has 138 valence electrons. The van der Waals surface area contributed by atoms with E-state index in [1.165, 1.54) is 11.3 Å². The molecule has 0 aliphatic heterocycles. The van der Waals surface area contributed by atoms with E-state index in [1.807, 2.05) is 48.5 Å². The van der Waals surface area contributed by atoms with Gasteiger partial charge in [0.25, 0.3) is 0 Å². The average Bonchev–Trinajstić information content (AvgIpc) is 3.16. The Morgan fingerprint density at radius 1 is 1.00 bits per heavy atom. The summed E-state index contributed by atoms with van der Waals surface area (Å²) in [6.07, 6.45) is 5.48. The highest BCUT2D eigenvalue weighted by atomic mass is 32.1. The molecule has 0 amide bonds. The number of carbonyl (C=O) groups excluding carboxylic acids is 1. The number of thiophene rings is 1. The number of fused-ring (bicyclic) bond motifs is 1. The third kappa shape index (κ3) is 3.75. The number of rotatable bonds is 5. The van der Waals surface area contributed by atoms with Gasteiger partial charge in [-0.2, -0.15) is 5.26 Å². The minimum absolute atomic E-state index is 0.122. The lowest BCUT2D eigenvalue weighted by Crippen LogP contribution is -2.03. The van der Waals surface area contributed by atoms with E-state index in [1.54, 1.807) is 24.3 Å². The summed E-state index contributed by atoms with van der Waals surface area (Å²) in [5.74, 6) is 3.07. The lowest BCUT2D eigenvalue weighted by Gasteiger charge is -2.09. The summed E-state index contributed by atoms with van der Waals surface area (Å²) < 4.78 is 7.12. The molecular formula is C25H15NO2S. The minimum Gasteiger partial charge on any atom is -0.487 e. The Balaban J connectivity index is 1.71. The number of hydrogen-bond donors (Lipinski definition) is 0. The third-order valence-electron chi connectivity index (χ3n) is 4.51. The number of nitriles is 1. The van der Waals surface area contributed by atoms with Crippen molar-refractivity contribution < 1.29 is 9.53 Å². The summed E-state index contributed by atoms with van der Waals surface area (Å²) in [6, 6.07) is 24.1. The van der Waals surface area contributed by atoms with Gasteiger partial charge in [-0.25, -0.2) is 0 Å². The van der Waals surface area contributed by atoms with Gasteiger partial charge in [-0.05, 0) is 54.1 Å². The molecule has 1 heterocycles. The highest BCUT2D eigenvalue weighted by molar-refractivity contribution is 7.21. The van der Waals surface area contributed by atoms with Gasteiger partial charge < -0.3 is 4.74 Å². The van der Waals surface area contributed by atoms with Crippen LogP contribution in [0.4, 0.5) is 0 Å². The lowest BCUT2D eigenvalue weighted by atomic mass is 10.1. The number of nitrogens with zero attached hydrogens (tertiary/aromatic N) is 1. The predicted molar refractivity (Wildman–Crippen MR) is 115 cm³/mol. The van der Waals surface area contributed by atoms with E-state index >= 15 is 0 Å². The summed E-state index contributed by atoms with van der Waals surface area (Å²) in [5, 5.41) is 9.88. The molecule has 0 N–H and O–H groups in total. The van der Waals surface area contributed by atoms with E-state index in [-0.39, 0.29) is 5.78 Å². The Labute approximate surface area is 172 Å². The van der Waals surface area contributed by atoms with E-state index in [2.05, 4.69) is 12.0 Å². The SMILES string of the molecule is C#Cc1cccc(COc2c(C(=O)c3ccc(C#N)cc3)sc3ccccc23)c1. The van der Waals surface area contributed by atoms with Crippen LogP contribution in [0.1, 0.15) is 31.9 Å². The highest BCUT2D eigenvalue weighted by Crippen LogP contribution is 2.39. The van der Waals surface area contributed by atoms with Crippen LogP contribution in [0.15, 0.2) is 72.8 Å². The molecule has 0 fully saturated rings. The number of carbonyl (C=O) groups is 1. The summed E-state index contributed by atoms with van der Waals surface area (Å²) in [6.45, 7) is 0.309. The third-order valence-corrected chi connectivity index (χ3v) is 5.66. The van der Waals surface area contributed by atoms with Crippen LogP contribution in [-0.4, -0.2) is 5.78 Å².